The summed E-state index contributed by atoms with van der Waals surface area (Å²) < 4.78 is 12.9. The van der Waals surface area contributed by atoms with Crippen LogP contribution in [0, 0.1) is 5.82 Å². The van der Waals surface area contributed by atoms with E-state index in [-0.39, 0.29) is 10.0 Å². The predicted octanol–water partition coefficient (Wildman–Crippen LogP) is 2.78. The summed E-state index contributed by atoms with van der Waals surface area (Å²) in [5, 5.41) is 0.0285. The smallest absolute Gasteiger partial charge is 0.160 e. The highest BCUT2D eigenvalue weighted by molar-refractivity contribution is 6.34. The first-order chi connectivity index (χ1) is 6.15. The third-order valence-electron chi connectivity index (χ3n) is 1.46. The molecule has 0 atom stereocenters. The molecule has 0 heterocycles. The molecule has 1 rings (SSSR count). The van der Waals surface area contributed by atoms with Crippen LogP contribution in [0.15, 0.2) is 12.1 Å². The zero-order valence-corrected chi connectivity index (χ0v) is 8.42. The van der Waals surface area contributed by atoms with Crippen molar-refractivity contribution >= 4 is 23.2 Å². The fourth-order valence-corrected chi connectivity index (χ4v) is 1.40. The summed E-state index contributed by atoms with van der Waals surface area (Å²) in [6, 6.07) is 2.99. The molecular weight excluding hydrogens is 216 g/mol. The Morgan fingerprint density at radius 2 is 1.92 bits per heavy atom. The molecule has 0 fully saturated rings. The van der Waals surface area contributed by atoms with Crippen LogP contribution in [0.4, 0.5) is 4.39 Å². The van der Waals surface area contributed by atoms with Crippen LogP contribution >= 0.6 is 23.2 Å². The van der Waals surface area contributed by atoms with Crippen molar-refractivity contribution in [3.05, 3.63) is 33.6 Å². The van der Waals surface area contributed by atoms with E-state index in [9.17, 15) is 4.39 Å². The first kappa shape index (κ1) is 10.7. The molecule has 0 amide bonds. The van der Waals surface area contributed by atoms with Gasteiger partial charge < -0.3 is 4.84 Å². The van der Waals surface area contributed by atoms with E-state index in [4.69, 9.17) is 23.2 Å². The maximum absolute atomic E-state index is 12.9. The van der Waals surface area contributed by atoms with Crippen molar-refractivity contribution in [1.29, 1.82) is 0 Å². The van der Waals surface area contributed by atoms with Gasteiger partial charge in [-0.15, -0.1) is 0 Å². The highest BCUT2D eigenvalue weighted by atomic mass is 35.5. The first-order valence-corrected chi connectivity index (χ1v) is 4.30. The molecule has 0 unspecified atom stereocenters. The Hall–Kier alpha value is -0.350. The summed E-state index contributed by atoms with van der Waals surface area (Å²) in [6.07, 6.45) is 0. The van der Waals surface area contributed by atoms with Crippen molar-refractivity contribution in [3.63, 3.8) is 0 Å². The molecule has 5 heteroatoms. The molecule has 0 aliphatic rings. The van der Waals surface area contributed by atoms with Crippen LogP contribution in [0.3, 0.4) is 0 Å². The third-order valence-corrected chi connectivity index (χ3v) is 2.01. The highest BCUT2D eigenvalue weighted by Gasteiger charge is 2.06. The Balaban J connectivity index is 2.86. The number of hydroxylamine groups is 1. The topological polar surface area (TPSA) is 21.3 Å². The van der Waals surface area contributed by atoms with Crippen LogP contribution in [0.5, 0.6) is 0 Å². The van der Waals surface area contributed by atoms with Crippen molar-refractivity contribution < 1.29 is 9.23 Å². The monoisotopic (exact) mass is 223 g/mol. The molecular formula is C8H8Cl2FNO. The molecule has 13 heavy (non-hydrogen) atoms. The van der Waals surface area contributed by atoms with Crippen LogP contribution in [0.1, 0.15) is 5.56 Å². The van der Waals surface area contributed by atoms with Gasteiger partial charge in [0.05, 0.1) is 17.2 Å². The van der Waals surface area contributed by atoms with E-state index in [2.05, 4.69) is 10.3 Å². The second-order valence-corrected chi connectivity index (χ2v) is 3.21. The van der Waals surface area contributed by atoms with Gasteiger partial charge in [0.2, 0.25) is 0 Å². The molecule has 0 radical (unpaired) electrons. The largest absolute Gasteiger partial charge is 0.305 e. The van der Waals surface area contributed by atoms with Gasteiger partial charge in [-0.3, -0.25) is 0 Å². The lowest BCUT2D eigenvalue weighted by molar-refractivity contribution is 0.0867. The van der Waals surface area contributed by atoms with Gasteiger partial charge in [0.1, 0.15) is 0 Å². The van der Waals surface area contributed by atoms with Gasteiger partial charge in [0.15, 0.2) is 5.82 Å². The van der Waals surface area contributed by atoms with Gasteiger partial charge in [-0.05, 0) is 17.7 Å². The van der Waals surface area contributed by atoms with E-state index >= 15 is 0 Å². The minimum Gasteiger partial charge on any atom is -0.305 e. The average Bonchev–Trinajstić information content (AvgIpc) is 2.10. The van der Waals surface area contributed by atoms with Crippen LogP contribution in [-0.2, 0) is 11.4 Å². The van der Waals surface area contributed by atoms with E-state index < -0.39 is 5.82 Å². The molecule has 0 saturated carbocycles. The normalized spacial score (nSPS) is 10.5. The van der Waals surface area contributed by atoms with Gasteiger partial charge in [0, 0.05) is 6.54 Å². The summed E-state index contributed by atoms with van der Waals surface area (Å²) in [7, 11) is 1.49. The molecule has 0 saturated heterocycles. The van der Waals surface area contributed by atoms with Gasteiger partial charge in [-0.2, -0.15) is 5.48 Å². The zero-order valence-electron chi connectivity index (χ0n) is 6.90. The fourth-order valence-electron chi connectivity index (χ4n) is 0.866. The Morgan fingerprint density at radius 3 is 2.38 bits per heavy atom. The lowest BCUT2D eigenvalue weighted by atomic mass is 10.2. The fraction of sp³-hybridized carbons (Fsp3) is 0.250. The minimum atomic E-state index is -0.593. The molecule has 1 aromatic rings. The summed E-state index contributed by atoms with van der Waals surface area (Å²) in [5.74, 6) is -0.593. The van der Waals surface area contributed by atoms with Gasteiger partial charge in [-0.1, -0.05) is 23.2 Å². The van der Waals surface area contributed by atoms with Gasteiger partial charge in [-0.25, -0.2) is 4.39 Å². The number of rotatable bonds is 3. The van der Waals surface area contributed by atoms with E-state index in [1.165, 1.54) is 19.2 Å². The van der Waals surface area contributed by atoms with Crippen molar-refractivity contribution in [2.75, 3.05) is 7.11 Å². The van der Waals surface area contributed by atoms with Crippen LogP contribution in [0.25, 0.3) is 0 Å². The molecule has 0 spiro atoms. The van der Waals surface area contributed by atoms with Crippen LogP contribution in [0.2, 0.25) is 10.0 Å². The molecule has 0 aromatic heterocycles. The Morgan fingerprint density at radius 1 is 1.38 bits per heavy atom. The molecule has 72 valence electrons. The van der Waals surface area contributed by atoms with Crippen LogP contribution in [-0.4, -0.2) is 7.11 Å². The standard InChI is InChI=1S/C8H8Cl2FNO/c1-13-12-4-5-2-6(9)8(11)7(10)3-5/h2-3,12H,4H2,1H3. The summed E-state index contributed by atoms with van der Waals surface area (Å²) in [4.78, 5) is 4.63. The van der Waals surface area contributed by atoms with Crippen molar-refractivity contribution in [3.8, 4) is 0 Å². The lowest BCUT2D eigenvalue weighted by Gasteiger charge is -2.04. The average molecular weight is 224 g/mol. The van der Waals surface area contributed by atoms with Crippen molar-refractivity contribution in [1.82, 2.24) is 5.48 Å². The third kappa shape index (κ3) is 2.81. The summed E-state index contributed by atoms with van der Waals surface area (Å²) >= 11 is 11.1. The van der Waals surface area contributed by atoms with E-state index in [0.29, 0.717) is 6.54 Å². The number of nitrogens with one attached hydrogen (secondary N) is 1. The number of hydrogen-bond donors (Lipinski definition) is 1. The summed E-state index contributed by atoms with van der Waals surface area (Å²) in [6.45, 7) is 0.427. The molecule has 2 nitrogen and oxygen atoms in total. The second-order valence-electron chi connectivity index (χ2n) is 2.40. The Bertz CT molecular complexity index is 283. The van der Waals surface area contributed by atoms with Crippen molar-refractivity contribution in [2.24, 2.45) is 0 Å². The zero-order chi connectivity index (χ0) is 9.84. The van der Waals surface area contributed by atoms with E-state index in [0.717, 1.165) is 5.56 Å². The SMILES string of the molecule is CONCc1cc(Cl)c(F)c(Cl)c1. The number of halogens is 3. The van der Waals surface area contributed by atoms with Gasteiger partial charge in [0.25, 0.3) is 0 Å². The second kappa shape index (κ2) is 4.77. The summed E-state index contributed by atoms with van der Waals surface area (Å²) in [5.41, 5.74) is 3.36. The Kier molecular flexibility index (Phi) is 3.93. The quantitative estimate of drug-likeness (QED) is 0.629. The Labute approximate surface area is 85.6 Å². The first-order valence-electron chi connectivity index (χ1n) is 3.54. The lowest BCUT2D eigenvalue weighted by Crippen LogP contribution is -2.10. The molecule has 0 aliphatic heterocycles. The highest BCUT2D eigenvalue weighted by Crippen LogP contribution is 2.24. The minimum absolute atomic E-state index is 0.0143. The molecule has 1 N–H and O–H groups in total. The number of hydrogen-bond acceptors (Lipinski definition) is 2. The van der Waals surface area contributed by atoms with E-state index in [1.807, 2.05) is 0 Å². The number of benzene rings is 1. The predicted molar refractivity (Wildman–Crippen MR) is 50.3 cm³/mol. The molecule has 0 aliphatic carbocycles. The van der Waals surface area contributed by atoms with Crippen LogP contribution < -0.4 is 5.48 Å². The van der Waals surface area contributed by atoms with Crippen molar-refractivity contribution in [2.45, 2.75) is 6.54 Å². The van der Waals surface area contributed by atoms with Gasteiger partial charge >= 0.3 is 0 Å². The van der Waals surface area contributed by atoms with E-state index in [1.54, 1.807) is 0 Å². The molecule has 0 bridgehead atoms. The maximum atomic E-state index is 12.9. The molecule has 1 aromatic carbocycles. The maximum Gasteiger partial charge on any atom is 0.160 e.